The van der Waals surface area contributed by atoms with Gasteiger partial charge in [0.2, 0.25) is 0 Å². The quantitative estimate of drug-likeness (QED) is 0.174. The summed E-state index contributed by atoms with van der Waals surface area (Å²) in [5, 5.41) is 4.59. The fourth-order valence-electron chi connectivity index (χ4n) is 6.86. The second-order valence-corrected chi connectivity index (χ2v) is 13.7. The van der Waals surface area contributed by atoms with Crippen LogP contribution in [0.3, 0.4) is 0 Å². The van der Waals surface area contributed by atoms with Gasteiger partial charge in [-0.1, -0.05) is 54.6 Å². The Kier molecular flexibility index (Phi) is 7.22. The van der Waals surface area contributed by atoms with E-state index in [0.717, 1.165) is 77.2 Å². The minimum Gasteiger partial charge on any atom is -0.311 e. The van der Waals surface area contributed by atoms with Crippen LogP contribution in [0.5, 0.6) is 0 Å². The predicted octanol–water partition coefficient (Wildman–Crippen LogP) is 11.8. The molecule has 0 saturated carbocycles. The van der Waals surface area contributed by atoms with Gasteiger partial charge in [0.05, 0.1) is 29.1 Å². The predicted molar refractivity (Wildman–Crippen MR) is 214 cm³/mol. The van der Waals surface area contributed by atoms with Crippen molar-refractivity contribution in [2.24, 2.45) is 0 Å². The van der Waals surface area contributed by atoms with Gasteiger partial charge in [-0.05, 0) is 90.0 Å². The molecule has 0 radical (unpaired) electrons. The van der Waals surface area contributed by atoms with Crippen LogP contribution in [-0.4, -0.2) is 24.9 Å². The maximum Gasteiger partial charge on any atom is 0.125 e. The first kappa shape index (κ1) is 30.0. The van der Waals surface area contributed by atoms with Crippen molar-refractivity contribution in [3.05, 3.63) is 171 Å². The van der Waals surface area contributed by atoms with Crippen LogP contribution in [-0.2, 0) is 0 Å². The molecule has 52 heavy (non-hydrogen) atoms. The zero-order valence-electron chi connectivity index (χ0n) is 27.8. The van der Waals surface area contributed by atoms with E-state index in [1.807, 2.05) is 24.5 Å². The molecule has 0 bridgehead atoms. The number of rotatable bonds is 6. The number of benzene rings is 4. The maximum absolute atomic E-state index is 5.08. The Bertz CT molecular complexity index is 2780. The Morgan fingerprint density at radius 3 is 1.56 bits per heavy atom. The van der Waals surface area contributed by atoms with Gasteiger partial charge in [0, 0.05) is 84.8 Å². The highest BCUT2D eigenvalue weighted by molar-refractivity contribution is 7.25. The fraction of sp³-hybridized carbons (Fsp3) is 0. The Hall–Kier alpha value is -6.83. The number of hydrogen-bond donors (Lipinski definition) is 0. The average Bonchev–Trinajstić information content (AvgIpc) is 3.59. The topological polar surface area (TPSA) is 67.7 Å². The third kappa shape index (κ3) is 5.41. The monoisotopic (exact) mass is 684 g/mol. The molecule has 0 saturated heterocycles. The van der Waals surface area contributed by atoms with Crippen LogP contribution in [0.1, 0.15) is 0 Å². The standard InChI is InChI=1S/C45H28N6S/c1-2-4-44-39(3-1)40-17-18-41(50-45(40)52-44)31-9-15-38(16-10-31)51(36-11-5-29(6-12-36)34-23-32-19-21-46-27-42(32)48-25-34)37-13-7-30(8-14-37)35-24-33-20-22-47-28-43(33)49-26-35/h1-28H. The molecule has 244 valence electrons. The third-order valence-corrected chi connectivity index (χ3v) is 10.6. The highest BCUT2D eigenvalue weighted by Gasteiger charge is 2.15. The van der Waals surface area contributed by atoms with Crippen molar-refractivity contribution in [2.75, 3.05) is 4.90 Å². The van der Waals surface area contributed by atoms with Gasteiger partial charge in [-0.15, -0.1) is 11.3 Å². The van der Waals surface area contributed by atoms with Crippen molar-refractivity contribution in [1.82, 2.24) is 24.9 Å². The van der Waals surface area contributed by atoms with Gasteiger partial charge in [-0.2, -0.15) is 0 Å². The number of aromatic nitrogens is 5. The molecule has 0 amide bonds. The summed E-state index contributed by atoms with van der Waals surface area (Å²) in [6, 6.07) is 47.2. The lowest BCUT2D eigenvalue weighted by molar-refractivity contribution is 1.28. The van der Waals surface area contributed by atoms with Gasteiger partial charge in [0.1, 0.15) is 4.83 Å². The molecule has 10 aromatic rings. The number of hydrogen-bond acceptors (Lipinski definition) is 7. The van der Waals surface area contributed by atoms with Crippen molar-refractivity contribution in [3.8, 4) is 33.5 Å². The highest BCUT2D eigenvalue weighted by atomic mass is 32.1. The van der Waals surface area contributed by atoms with Crippen LogP contribution >= 0.6 is 11.3 Å². The van der Waals surface area contributed by atoms with Crippen LogP contribution in [0, 0.1) is 0 Å². The molecule has 0 spiro atoms. The van der Waals surface area contributed by atoms with Gasteiger partial charge in [-0.3, -0.25) is 19.9 Å². The lowest BCUT2D eigenvalue weighted by Crippen LogP contribution is -2.09. The van der Waals surface area contributed by atoms with Gasteiger partial charge >= 0.3 is 0 Å². The number of thiophene rings is 1. The second-order valence-electron chi connectivity index (χ2n) is 12.7. The van der Waals surface area contributed by atoms with Crippen molar-refractivity contribution in [2.45, 2.75) is 0 Å². The molecule has 6 aromatic heterocycles. The molecule has 4 aromatic carbocycles. The number of fused-ring (bicyclic) bond motifs is 5. The minimum absolute atomic E-state index is 0.886. The largest absolute Gasteiger partial charge is 0.311 e. The molecule has 6 heterocycles. The summed E-state index contributed by atoms with van der Waals surface area (Å²) in [5.41, 5.74) is 11.3. The smallest absolute Gasteiger partial charge is 0.125 e. The van der Waals surface area contributed by atoms with Crippen molar-refractivity contribution >= 4 is 70.5 Å². The highest BCUT2D eigenvalue weighted by Crippen LogP contribution is 2.39. The molecule has 0 aliphatic heterocycles. The molecule has 0 N–H and O–H groups in total. The molecule has 0 aliphatic carbocycles. The summed E-state index contributed by atoms with van der Waals surface area (Å²) >= 11 is 1.74. The van der Waals surface area contributed by atoms with E-state index >= 15 is 0 Å². The molecular formula is C45H28N6S. The zero-order chi connectivity index (χ0) is 34.4. The molecule has 0 atom stereocenters. The summed E-state index contributed by atoms with van der Waals surface area (Å²) in [4.78, 5) is 26.1. The van der Waals surface area contributed by atoms with Crippen molar-refractivity contribution < 1.29 is 0 Å². The number of pyridine rings is 5. The van der Waals surface area contributed by atoms with Gasteiger partial charge < -0.3 is 4.90 Å². The van der Waals surface area contributed by atoms with E-state index in [1.54, 1.807) is 36.1 Å². The molecule has 0 aliphatic rings. The Labute approximate surface area is 303 Å². The van der Waals surface area contributed by atoms with Gasteiger partial charge in [-0.25, -0.2) is 4.98 Å². The Morgan fingerprint density at radius 2 is 0.981 bits per heavy atom. The van der Waals surface area contributed by atoms with E-state index in [0.29, 0.717) is 0 Å². The normalized spacial score (nSPS) is 11.5. The Balaban J connectivity index is 1.02. The molecular weight excluding hydrogens is 657 g/mol. The maximum atomic E-state index is 5.08. The van der Waals surface area contributed by atoms with Crippen LogP contribution in [0.4, 0.5) is 17.1 Å². The van der Waals surface area contributed by atoms with Crippen molar-refractivity contribution in [1.29, 1.82) is 0 Å². The first-order valence-corrected chi connectivity index (χ1v) is 17.8. The van der Waals surface area contributed by atoms with E-state index in [2.05, 4.69) is 146 Å². The molecule has 6 nitrogen and oxygen atoms in total. The summed E-state index contributed by atoms with van der Waals surface area (Å²) in [7, 11) is 0. The summed E-state index contributed by atoms with van der Waals surface area (Å²) in [6.07, 6.45) is 11.0. The van der Waals surface area contributed by atoms with Crippen molar-refractivity contribution in [3.63, 3.8) is 0 Å². The summed E-state index contributed by atoms with van der Waals surface area (Å²) < 4.78 is 1.26. The average molecular weight is 685 g/mol. The third-order valence-electron chi connectivity index (χ3n) is 9.56. The number of nitrogens with zero attached hydrogens (tertiary/aromatic N) is 6. The van der Waals surface area contributed by atoms with E-state index in [-0.39, 0.29) is 0 Å². The van der Waals surface area contributed by atoms with E-state index in [1.165, 1.54) is 15.5 Å². The number of anilines is 3. The van der Waals surface area contributed by atoms with Crippen LogP contribution in [0.25, 0.3) is 75.6 Å². The fourth-order valence-corrected chi connectivity index (χ4v) is 7.93. The zero-order valence-corrected chi connectivity index (χ0v) is 28.6. The van der Waals surface area contributed by atoms with E-state index in [4.69, 9.17) is 4.98 Å². The lowest BCUT2D eigenvalue weighted by atomic mass is 10.0. The van der Waals surface area contributed by atoms with Gasteiger partial charge in [0.15, 0.2) is 0 Å². The Morgan fingerprint density at radius 1 is 0.442 bits per heavy atom. The molecule has 10 rings (SSSR count). The van der Waals surface area contributed by atoms with Crippen LogP contribution in [0.15, 0.2) is 171 Å². The lowest BCUT2D eigenvalue weighted by Gasteiger charge is -2.26. The first-order valence-electron chi connectivity index (χ1n) is 17.0. The van der Waals surface area contributed by atoms with E-state index in [9.17, 15) is 0 Å². The molecule has 0 unspecified atom stereocenters. The van der Waals surface area contributed by atoms with Crippen LogP contribution in [0.2, 0.25) is 0 Å². The summed E-state index contributed by atoms with van der Waals surface area (Å²) in [6.45, 7) is 0. The minimum atomic E-state index is 0.886. The first-order chi connectivity index (χ1) is 25.7. The van der Waals surface area contributed by atoms with E-state index < -0.39 is 0 Å². The van der Waals surface area contributed by atoms with Crippen LogP contribution < -0.4 is 4.90 Å². The second kappa shape index (κ2) is 12.5. The SMILES string of the molecule is c1ccc2c(c1)sc1nc(-c3ccc(N(c4ccc(-c5cnc6cnccc6c5)cc4)c4ccc(-c5cnc6cnccc6c5)cc4)cc3)ccc12. The molecule has 7 heteroatoms. The molecule has 0 fully saturated rings. The summed E-state index contributed by atoms with van der Waals surface area (Å²) in [5.74, 6) is 0. The van der Waals surface area contributed by atoms with Gasteiger partial charge in [0.25, 0.3) is 0 Å².